The first kappa shape index (κ1) is 16.3. The summed E-state index contributed by atoms with van der Waals surface area (Å²) in [6.07, 6.45) is 0.815. The van der Waals surface area contributed by atoms with E-state index in [1.807, 2.05) is 4.90 Å². The van der Waals surface area contributed by atoms with E-state index in [0.717, 1.165) is 13.1 Å². The van der Waals surface area contributed by atoms with Crippen molar-refractivity contribution in [3.8, 4) is 0 Å². The monoisotopic (exact) mass is 304 g/mol. The van der Waals surface area contributed by atoms with Crippen LogP contribution in [-0.4, -0.2) is 48.1 Å². The van der Waals surface area contributed by atoms with Gasteiger partial charge >= 0.3 is 5.97 Å². The number of carboxylic acid groups (broad SMARTS) is 1. The topological polar surface area (TPSA) is 60.9 Å². The first-order valence-electron chi connectivity index (χ1n) is 7.80. The number of carboxylic acids is 1. The molecule has 1 fully saturated rings. The van der Waals surface area contributed by atoms with E-state index in [1.54, 1.807) is 0 Å². The summed E-state index contributed by atoms with van der Waals surface area (Å²) in [4.78, 5) is 26.7. The highest BCUT2D eigenvalue weighted by Crippen LogP contribution is 2.24. The molecule has 0 aromatic heterocycles. The van der Waals surface area contributed by atoms with Crippen molar-refractivity contribution in [2.45, 2.75) is 33.1 Å². The summed E-state index contributed by atoms with van der Waals surface area (Å²) in [6.45, 7) is 7.32. The molecule has 5 nitrogen and oxygen atoms in total. The third-order valence-electron chi connectivity index (χ3n) is 4.33. The van der Waals surface area contributed by atoms with Crippen LogP contribution in [0, 0.1) is 13.8 Å². The molecular weight excluding hydrogens is 280 g/mol. The number of benzene rings is 1. The lowest BCUT2D eigenvalue weighted by atomic mass is 10.1. The summed E-state index contributed by atoms with van der Waals surface area (Å²) < 4.78 is 0. The summed E-state index contributed by atoms with van der Waals surface area (Å²) in [5.41, 5.74) is 3.83. The quantitative estimate of drug-likeness (QED) is 0.906. The molecule has 5 heteroatoms. The Labute approximate surface area is 131 Å². The van der Waals surface area contributed by atoms with E-state index in [-0.39, 0.29) is 12.3 Å². The predicted molar refractivity (Wildman–Crippen MR) is 86.2 cm³/mol. The smallest absolute Gasteiger partial charge is 0.303 e. The molecule has 1 saturated heterocycles. The van der Waals surface area contributed by atoms with Gasteiger partial charge in [-0.25, -0.2) is 0 Å². The Morgan fingerprint density at radius 3 is 2.41 bits per heavy atom. The molecule has 0 spiro atoms. The molecule has 1 aliphatic rings. The molecule has 22 heavy (non-hydrogen) atoms. The predicted octanol–water partition coefficient (Wildman–Crippen LogP) is 2.21. The Morgan fingerprint density at radius 1 is 1.09 bits per heavy atom. The lowest BCUT2D eigenvalue weighted by Gasteiger charge is -2.37. The largest absolute Gasteiger partial charge is 0.481 e. The minimum Gasteiger partial charge on any atom is -0.481 e. The van der Waals surface area contributed by atoms with Gasteiger partial charge in [-0.15, -0.1) is 0 Å². The van der Waals surface area contributed by atoms with Gasteiger partial charge < -0.3 is 14.9 Å². The Hall–Kier alpha value is -2.04. The second-order valence-electron chi connectivity index (χ2n) is 5.83. The van der Waals surface area contributed by atoms with Gasteiger partial charge in [0.05, 0.1) is 0 Å². The molecule has 1 N–H and O–H groups in total. The molecule has 0 unspecified atom stereocenters. The van der Waals surface area contributed by atoms with Crippen molar-refractivity contribution >= 4 is 17.6 Å². The fourth-order valence-corrected chi connectivity index (χ4v) is 2.82. The van der Waals surface area contributed by atoms with Gasteiger partial charge in [-0.1, -0.05) is 12.1 Å². The highest BCUT2D eigenvalue weighted by Gasteiger charge is 2.22. The third kappa shape index (κ3) is 4.00. The van der Waals surface area contributed by atoms with Crippen molar-refractivity contribution in [3.63, 3.8) is 0 Å². The number of hydrogen-bond donors (Lipinski definition) is 1. The van der Waals surface area contributed by atoms with Gasteiger partial charge in [0.1, 0.15) is 0 Å². The van der Waals surface area contributed by atoms with Crippen molar-refractivity contribution in [3.05, 3.63) is 29.3 Å². The van der Waals surface area contributed by atoms with E-state index in [0.29, 0.717) is 25.9 Å². The molecule has 0 bridgehead atoms. The Kier molecular flexibility index (Phi) is 5.41. The van der Waals surface area contributed by atoms with Crippen LogP contribution in [0.15, 0.2) is 18.2 Å². The number of amides is 1. The molecule has 0 aliphatic carbocycles. The molecular formula is C17H24N2O3. The summed E-state index contributed by atoms with van der Waals surface area (Å²) in [5.74, 6) is -0.769. The molecule has 1 aromatic carbocycles. The van der Waals surface area contributed by atoms with Crippen LogP contribution in [0.25, 0.3) is 0 Å². The normalized spacial score (nSPS) is 15.0. The molecule has 1 amide bonds. The molecule has 1 aromatic rings. The number of aliphatic carboxylic acids is 1. The maximum atomic E-state index is 12.1. The number of nitrogens with zero attached hydrogens (tertiary/aromatic N) is 2. The van der Waals surface area contributed by atoms with Crippen LogP contribution in [0.1, 0.15) is 30.4 Å². The van der Waals surface area contributed by atoms with Crippen LogP contribution in [0.3, 0.4) is 0 Å². The Balaban J connectivity index is 1.86. The summed E-state index contributed by atoms with van der Waals surface area (Å²) in [6, 6.07) is 6.31. The van der Waals surface area contributed by atoms with Crippen LogP contribution in [0.2, 0.25) is 0 Å². The number of hydrogen-bond acceptors (Lipinski definition) is 3. The van der Waals surface area contributed by atoms with Crippen LogP contribution in [0.4, 0.5) is 5.69 Å². The highest BCUT2D eigenvalue weighted by atomic mass is 16.4. The maximum absolute atomic E-state index is 12.1. The first-order valence-corrected chi connectivity index (χ1v) is 7.80. The zero-order chi connectivity index (χ0) is 16.1. The Morgan fingerprint density at radius 2 is 1.77 bits per heavy atom. The van der Waals surface area contributed by atoms with Gasteiger partial charge in [0.2, 0.25) is 5.91 Å². The molecule has 2 rings (SSSR count). The van der Waals surface area contributed by atoms with Crippen molar-refractivity contribution in [2.75, 3.05) is 31.1 Å². The molecule has 0 saturated carbocycles. The van der Waals surface area contributed by atoms with E-state index in [2.05, 4.69) is 36.9 Å². The fourth-order valence-electron chi connectivity index (χ4n) is 2.82. The summed E-state index contributed by atoms with van der Waals surface area (Å²) in [7, 11) is 0. The molecule has 0 atom stereocenters. The minimum atomic E-state index is -0.840. The van der Waals surface area contributed by atoms with Gasteiger partial charge in [0.15, 0.2) is 0 Å². The van der Waals surface area contributed by atoms with Gasteiger partial charge in [0.25, 0.3) is 0 Å². The number of carbonyl (C=O) groups is 2. The molecule has 1 heterocycles. The standard InChI is InChI=1S/C17H24N2O3/c1-13-5-3-6-15(14(13)2)18-9-11-19(12-10-18)16(20)7-4-8-17(21)22/h3,5-6H,4,7-12H2,1-2H3,(H,21,22). The van der Waals surface area contributed by atoms with E-state index >= 15 is 0 Å². The van der Waals surface area contributed by atoms with Gasteiger partial charge in [-0.3, -0.25) is 9.59 Å². The average Bonchev–Trinajstić information content (AvgIpc) is 2.50. The number of piperazine rings is 1. The van der Waals surface area contributed by atoms with Crippen LogP contribution < -0.4 is 4.90 Å². The van der Waals surface area contributed by atoms with E-state index in [4.69, 9.17) is 5.11 Å². The zero-order valence-corrected chi connectivity index (χ0v) is 13.3. The van der Waals surface area contributed by atoms with E-state index in [9.17, 15) is 9.59 Å². The number of aryl methyl sites for hydroxylation is 1. The van der Waals surface area contributed by atoms with Gasteiger partial charge in [0, 0.05) is 44.7 Å². The highest BCUT2D eigenvalue weighted by molar-refractivity contribution is 5.77. The fraction of sp³-hybridized carbons (Fsp3) is 0.529. The second-order valence-corrected chi connectivity index (χ2v) is 5.83. The van der Waals surface area contributed by atoms with E-state index in [1.165, 1.54) is 16.8 Å². The molecule has 120 valence electrons. The average molecular weight is 304 g/mol. The summed E-state index contributed by atoms with van der Waals surface area (Å²) >= 11 is 0. The molecule has 0 radical (unpaired) electrons. The van der Waals surface area contributed by atoms with Crippen LogP contribution in [-0.2, 0) is 9.59 Å². The van der Waals surface area contributed by atoms with E-state index < -0.39 is 5.97 Å². The van der Waals surface area contributed by atoms with Gasteiger partial charge in [-0.05, 0) is 37.5 Å². The van der Waals surface area contributed by atoms with Crippen LogP contribution in [0.5, 0.6) is 0 Å². The van der Waals surface area contributed by atoms with Crippen molar-refractivity contribution in [1.82, 2.24) is 4.90 Å². The lowest BCUT2D eigenvalue weighted by molar-refractivity contribution is -0.137. The number of rotatable bonds is 5. The first-order chi connectivity index (χ1) is 10.5. The maximum Gasteiger partial charge on any atom is 0.303 e. The zero-order valence-electron chi connectivity index (χ0n) is 13.3. The van der Waals surface area contributed by atoms with Crippen molar-refractivity contribution in [2.24, 2.45) is 0 Å². The number of carbonyl (C=O) groups excluding carboxylic acids is 1. The SMILES string of the molecule is Cc1cccc(N2CCN(C(=O)CCCC(=O)O)CC2)c1C. The second kappa shape index (κ2) is 7.29. The van der Waals surface area contributed by atoms with Crippen molar-refractivity contribution < 1.29 is 14.7 Å². The Bertz CT molecular complexity index is 549. The number of anilines is 1. The van der Waals surface area contributed by atoms with Crippen LogP contribution >= 0.6 is 0 Å². The summed E-state index contributed by atoms with van der Waals surface area (Å²) in [5, 5.41) is 8.61. The lowest BCUT2D eigenvalue weighted by Crippen LogP contribution is -2.49. The third-order valence-corrected chi connectivity index (χ3v) is 4.33. The van der Waals surface area contributed by atoms with Crippen molar-refractivity contribution in [1.29, 1.82) is 0 Å². The minimum absolute atomic E-state index is 0.0637. The molecule has 1 aliphatic heterocycles. The van der Waals surface area contributed by atoms with Gasteiger partial charge in [-0.2, -0.15) is 0 Å².